The van der Waals surface area contributed by atoms with Crippen molar-refractivity contribution in [2.45, 2.75) is 6.42 Å². The fourth-order valence-corrected chi connectivity index (χ4v) is 3.53. The molecule has 31 heavy (non-hydrogen) atoms. The van der Waals surface area contributed by atoms with Crippen LogP contribution >= 0.6 is 11.6 Å². The second-order valence-electron chi connectivity index (χ2n) is 7.02. The number of imidazole rings is 1. The van der Waals surface area contributed by atoms with Crippen LogP contribution in [0.4, 0.5) is 0 Å². The van der Waals surface area contributed by atoms with Gasteiger partial charge >= 0.3 is 0 Å². The van der Waals surface area contributed by atoms with Crippen LogP contribution in [0, 0.1) is 0 Å². The zero-order chi connectivity index (χ0) is 21.8. The quantitative estimate of drug-likeness (QED) is 0.434. The van der Waals surface area contributed by atoms with E-state index in [4.69, 9.17) is 21.1 Å². The molecule has 3 aromatic carbocycles. The maximum absolute atomic E-state index is 12.5. The number of aromatic amines is 1. The Morgan fingerprint density at radius 1 is 1.00 bits per heavy atom. The van der Waals surface area contributed by atoms with Crippen molar-refractivity contribution in [1.29, 1.82) is 0 Å². The molecular formula is C24H22ClN3O3. The van der Waals surface area contributed by atoms with E-state index in [-0.39, 0.29) is 5.91 Å². The van der Waals surface area contributed by atoms with Gasteiger partial charge in [-0.15, -0.1) is 0 Å². The van der Waals surface area contributed by atoms with Crippen LogP contribution in [0.1, 0.15) is 15.9 Å². The molecule has 0 unspecified atom stereocenters. The van der Waals surface area contributed by atoms with Crippen molar-refractivity contribution in [2.75, 3.05) is 20.8 Å². The van der Waals surface area contributed by atoms with E-state index < -0.39 is 0 Å². The van der Waals surface area contributed by atoms with Crippen LogP contribution in [-0.2, 0) is 6.42 Å². The van der Waals surface area contributed by atoms with Crippen molar-refractivity contribution < 1.29 is 14.3 Å². The second-order valence-corrected chi connectivity index (χ2v) is 7.46. The number of methoxy groups -OCH3 is 2. The van der Waals surface area contributed by atoms with Crippen LogP contribution in [-0.4, -0.2) is 36.6 Å². The Morgan fingerprint density at radius 3 is 2.52 bits per heavy atom. The molecule has 4 aromatic rings. The van der Waals surface area contributed by atoms with E-state index in [1.165, 1.54) is 0 Å². The van der Waals surface area contributed by atoms with E-state index in [1.807, 2.05) is 48.5 Å². The molecule has 6 nitrogen and oxygen atoms in total. The molecule has 158 valence electrons. The van der Waals surface area contributed by atoms with Crippen molar-refractivity contribution in [3.63, 3.8) is 0 Å². The maximum atomic E-state index is 12.5. The van der Waals surface area contributed by atoms with Gasteiger partial charge in [0.05, 0.1) is 25.3 Å². The molecule has 0 fully saturated rings. The molecule has 0 aliphatic carbocycles. The standard InChI is InChI=1S/C24H22ClN3O3/c1-30-21-10-3-15(13-22(21)31-2)11-12-26-24(29)17-6-4-16(5-7-17)23-27-19-9-8-18(25)14-20(19)28-23/h3-10,13-14H,11-12H2,1-2H3,(H,26,29)(H,27,28). The lowest BCUT2D eigenvalue weighted by Crippen LogP contribution is -2.25. The third kappa shape index (κ3) is 4.64. The summed E-state index contributed by atoms with van der Waals surface area (Å²) in [5.41, 5.74) is 4.26. The molecule has 0 aliphatic rings. The highest BCUT2D eigenvalue weighted by molar-refractivity contribution is 6.31. The van der Waals surface area contributed by atoms with E-state index in [2.05, 4.69) is 15.3 Å². The number of carbonyl (C=O) groups excluding carboxylic acids is 1. The highest BCUT2D eigenvalue weighted by atomic mass is 35.5. The third-order valence-electron chi connectivity index (χ3n) is 5.01. The first-order chi connectivity index (χ1) is 15.1. The first kappa shape index (κ1) is 20.8. The summed E-state index contributed by atoms with van der Waals surface area (Å²) in [5, 5.41) is 3.61. The minimum atomic E-state index is -0.122. The minimum absolute atomic E-state index is 0.122. The molecule has 7 heteroatoms. The molecule has 0 aliphatic heterocycles. The molecule has 0 atom stereocenters. The van der Waals surface area contributed by atoms with Gasteiger partial charge in [-0.25, -0.2) is 4.98 Å². The van der Waals surface area contributed by atoms with Gasteiger partial charge in [0.25, 0.3) is 5.91 Å². The summed E-state index contributed by atoms with van der Waals surface area (Å²) in [6, 6.07) is 18.6. The molecule has 2 N–H and O–H groups in total. The van der Waals surface area contributed by atoms with Gasteiger partial charge < -0.3 is 19.8 Å². The number of rotatable bonds is 7. The van der Waals surface area contributed by atoms with Crippen LogP contribution < -0.4 is 14.8 Å². The molecule has 0 bridgehead atoms. The Bertz CT molecular complexity index is 1220. The van der Waals surface area contributed by atoms with Gasteiger partial charge in [0.15, 0.2) is 11.5 Å². The van der Waals surface area contributed by atoms with Crippen LogP contribution in [0.3, 0.4) is 0 Å². The number of H-pyrrole nitrogens is 1. The maximum Gasteiger partial charge on any atom is 0.251 e. The Morgan fingerprint density at radius 2 is 1.77 bits per heavy atom. The number of ether oxygens (including phenoxy) is 2. The average Bonchev–Trinajstić information content (AvgIpc) is 3.22. The smallest absolute Gasteiger partial charge is 0.251 e. The SMILES string of the molecule is COc1ccc(CCNC(=O)c2ccc(-c3nc4ccc(Cl)cc4[nH]3)cc2)cc1OC. The lowest BCUT2D eigenvalue weighted by atomic mass is 10.1. The van der Waals surface area contributed by atoms with Gasteiger partial charge in [0.1, 0.15) is 5.82 Å². The van der Waals surface area contributed by atoms with Crippen molar-refractivity contribution >= 4 is 28.5 Å². The molecule has 0 radical (unpaired) electrons. The van der Waals surface area contributed by atoms with Gasteiger partial charge in [-0.2, -0.15) is 0 Å². The van der Waals surface area contributed by atoms with Crippen molar-refractivity contribution in [3.05, 3.63) is 76.8 Å². The summed E-state index contributed by atoms with van der Waals surface area (Å²) in [6.45, 7) is 0.514. The lowest BCUT2D eigenvalue weighted by Gasteiger charge is -2.10. The number of benzene rings is 3. The highest BCUT2D eigenvalue weighted by Crippen LogP contribution is 2.27. The molecule has 0 saturated carbocycles. The van der Waals surface area contributed by atoms with Crippen molar-refractivity contribution in [2.24, 2.45) is 0 Å². The van der Waals surface area contributed by atoms with Crippen molar-refractivity contribution in [1.82, 2.24) is 15.3 Å². The topological polar surface area (TPSA) is 76.2 Å². The van der Waals surface area contributed by atoms with E-state index >= 15 is 0 Å². The monoisotopic (exact) mass is 435 g/mol. The Balaban J connectivity index is 1.38. The molecule has 0 saturated heterocycles. The zero-order valence-electron chi connectivity index (χ0n) is 17.2. The summed E-state index contributed by atoms with van der Waals surface area (Å²) in [6.07, 6.45) is 0.686. The number of hydrogen-bond donors (Lipinski definition) is 2. The minimum Gasteiger partial charge on any atom is -0.493 e. The van der Waals surface area contributed by atoms with Crippen molar-refractivity contribution in [3.8, 4) is 22.9 Å². The summed E-state index contributed by atoms with van der Waals surface area (Å²) in [4.78, 5) is 20.3. The zero-order valence-corrected chi connectivity index (χ0v) is 18.0. The number of nitrogens with zero attached hydrogens (tertiary/aromatic N) is 1. The number of nitrogens with one attached hydrogen (secondary N) is 2. The number of carbonyl (C=O) groups is 1. The predicted octanol–water partition coefficient (Wildman–Crippen LogP) is 4.87. The average molecular weight is 436 g/mol. The van der Waals surface area contributed by atoms with E-state index in [1.54, 1.807) is 26.4 Å². The fourth-order valence-electron chi connectivity index (χ4n) is 3.36. The molecule has 1 aromatic heterocycles. The first-order valence-corrected chi connectivity index (χ1v) is 10.2. The fraction of sp³-hybridized carbons (Fsp3) is 0.167. The van der Waals surface area contributed by atoms with Gasteiger partial charge in [0, 0.05) is 22.7 Å². The predicted molar refractivity (Wildman–Crippen MR) is 122 cm³/mol. The summed E-state index contributed by atoms with van der Waals surface area (Å²) in [5.74, 6) is 1.97. The first-order valence-electron chi connectivity index (χ1n) is 9.82. The van der Waals surface area contributed by atoms with E-state index in [0.717, 1.165) is 28.0 Å². The van der Waals surface area contributed by atoms with Crippen LogP contribution in [0.25, 0.3) is 22.4 Å². The van der Waals surface area contributed by atoms with Crippen LogP contribution in [0.2, 0.25) is 5.02 Å². The number of hydrogen-bond acceptors (Lipinski definition) is 4. The molecule has 1 heterocycles. The number of halogens is 1. The molecule has 4 rings (SSSR count). The third-order valence-corrected chi connectivity index (χ3v) is 5.25. The Hall–Kier alpha value is -3.51. The van der Waals surface area contributed by atoms with Crippen LogP contribution in [0.15, 0.2) is 60.7 Å². The lowest BCUT2D eigenvalue weighted by molar-refractivity contribution is 0.0954. The highest BCUT2D eigenvalue weighted by Gasteiger charge is 2.10. The number of amides is 1. The molecular weight excluding hydrogens is 414 g/mol. The van der Waals surface area contributed by atoms with E-state index in [0.29, 0.717) is 35.1 Å². The summed E-state index contributed by atoms with van der Waals surface area (Å²) in [7, 11) is 3.21. The Kier molecular flexibility index (Phi) is 6.09. The number of fused-ring (bicyclic) bond motifs is 1. The summed E-state index contributed by atoms with van der Waals surface area (Å²) >= 11 is 6.03. The van der Waals surface area contributed by atoms with Crippen LogP contribution in [0.5, 0.6) is 11.5 Å². The molecule has 1 amide bonds. The Labute approximate surface area is 185 Å². The largest absolute Gasteiger partial charge is 0.493 e. The summed E-state index contributed by atoms with van der Waals surface area (Å²) < 4.78 is 10.6. The second kappa shape index (κ2) is 9.10. The molecule has 0 spiro atoms. The normalized spacial score (nSPS) is 10.8. The van der Waals surface area contributed by atoms with Gasteiger partial charge in [0.2, 0.25) is 0 Å². The van der Waals surface area contributed by atoms with E-state index in [9.17, 15) is 4.79 Å². The van der Waals surface area contributed by atoms with Gasteiger partial charge in [-0.3, -0.25) is 4.79 Å². The van der Waals surface area contributed by atoms with Gasteiger partial charge in [-0.1, -0.05) is 29.8 Å². The van der Waals surface area contributed by atoms with Gasteiger partial charge in [-0.05, 0) is 54.4 Å². The number of aromatic nitrogens is 2.